The number of amides is 2. The van der Waals surface area contributed by atoms with Crippen LogP contribution >= 0.6 is 11.6 Å². The first-order valence-corrected chi connectivity index (χ1v) is 8.62. The number of likely N-dealkylation sites (tertiary alicyclic amines) is 1. The summed E-state index contributed by atoms with van der Waals surface area (Å²) in [6, 6.07) is 5.41. The molecule has 1 saturated heterocycles. The minimum atomic E-state index is -0.228. The van der Waals surface area contributed by atoms with Crippen molar-refractivity contribution in [3.63, 3.8) is 0 Å². The van der Waals surface area contributed by atoms with Gasteiger partial charge in [0.15, 0.2) is 0 Å². The number of nitrogens with zero attached hydrogens (tertiary/aromatic N) is 3. The zero-order valence-corrected chi connectivity index (χ0v) is 14.5. The quantitative estimate of drug-likeness (QED) is 0.927. The van der Waals surface area contributed by atoms with E-state index in [2.05, 4.69) is 10.3 Å². The number of imidazole rings is 1. The minimum Gasteiger partial charge on any atom is -0.333 e. The van der Waals surface area contributed by atoms with Crippen molar-refractivity contribution in [3.8, 4) is 0 Å². The fourth-order valence-electron chi connectivity index (χ4n) is 3.00. The van der Waals surface area contributed by atoms with Gasteiger partial charge in [-0.1, -0.05) is 24.4 Å². The molecule has 7 heteroatoms. The summed E-state index contributed by atoms with van der Waals surface area (Å²) >= 11 is 5.98. The van der Waals surface area contributed by atoms with Crippen LogP contribution in [-0.2, 0) is 16.6 Å². The van der Waals surface area contributed by atoms with Crippen molar-refractivity contribution in [2.24, 2.45) is 7.05 Å². The highest BCUT2D eigenvalue weighted by Gasteiger charge is 2.19. The Kier molecular flexibility index (Phi) is 5.04. The Morgan fingerprint density at radius 1 is 1.29 bits per heavy atom. The van der Waals surface area contributed by atoms with Crippen molar-refractivity contribution in [2.45, 2.75) is 32.1 Å². The lowest BCUT2D eigenvalue weighted by Crippen LogP contribution is -2.39. The standard InChI is InChI=1S/C17H21ClN4O2/c1-21-14-8-7-12(18)10-13(14)19-17(21)20-15(23)11-22-9-5-3-2-4-6-16(22)24/h7-8,10H,2-6,9,11H2,1H3,(H,19,20,23). The van der Waals surface area contributed by atoms with Gasteiger partial charge >= 0.3 is 0 Å². The molecule has 1 fully saturated rings. The number of aromatic nitrogens is 2. The molecule has 1 N–H and O–H groups in total. The van der Waals surface area contributed by atoms with Gasteiger partial charge in [0.2, 0.25) is 17.8 Å². The zero-order chi connectivity index (χ0) is 17.1. The van der Waals surface area contributed by atoms with Crippen LogP contribution in [0.25, 0.3) is 11.0 Å². The highest BCUT2D eigenvalue weighted by molar-refractivity contribution is 6.31. The summed E-state index contributed by atoms with van der Waals surface area (Å²) in [5, 5.41) is 3.40. The van der Waals surface area contributed by atoms with Crippen LogP contribution in [-0.4, -0.2) is 39.4 Å². The van der Waals surface area contributed by atoms with Gasteiger partial charge in [-0.15, -0.1) is 0 Å². The van der Waals surface area contributed by atoms with E-state index in [1.807, 2.05) is 13.1 Å². The third-order valence-corrected chi connectivity index (χ3v) is 4.59. The van der Waals surface area contributed by atoms with Crippen LogP contribution in [0.2, 0.25) is 5.02 Å². The van der Waals surface area contributed by atoms with Crippen molar-refractivity contribution in [3.05, 3.63) is 23.2 Å². The summed E-state index contributed by atoms with van der Waals surface area (Å²) in [5.74, 6) is 0.284. The maximum Gasteiger partial charge on any atom is 0.246 e. The molecule has 0 unspecified atom stereocenters. The molecule has 2 amide bonds. The Balaban J connectivity index is 1.70. The number of hydrogen-bond acceptors (Lipinski definition) is 3. The normalized spacial score (nSPS) is 16.1. The maximum atomic E-state index is 12.3. The van der Waals surface area contributed by atoms with Crippen LogP contribution in [0.5, 0.6) is 0 Å². The molecule has 0 saturated carbocycles. The van der Waals surface area contributed by atoms with Crippen LogP contribution in [0.3, 0.4) is 0 Å². The zero-order valence-electron chi connectivity index (χ0n) is 13.7. The largest absolute Gasteiger partial charge is 0.333 e. The number of aryl methyl sites for hydroxylation is 1. The van der Waals surface area contributed by atoms with Crippen molar-refractivity contribution in [1.82, 2.24) is 14.5 Å². The van der Waals surface area contributed by atoms with Gasteiger partial charge in [0.05, 0.1) is 17.6 Å². The lowest BCUT2D eigenvalue weighted by molar-refractivity contribution is -0.135. The second-order valence-electron chi connectivity index (χ2n) is 6.16. The van der Waals surface area contributed by atoms with Crippen LogP contribution in [0.1, 0.15) is 32.1 Å². The Morgan fingerprint density at radius 3 is 2.92 bits per heavy atom. The van der Waals surface area contributed by atoms with Crippen molar-refractivity contribution in [1.29, 1.82) is 0 Å². The third kappa shape index (κ3) is 3.70. The van der Waals surface area contributed by atoms with E-state index in [0.717, 1.165) is 36.7 Å². The molecule has 128 valence electrons. The Labute approximate surface area is 145 Å². The molecule has 0 atom stereocenters. The summed E-state index contributed by atoms with van der Waals surface area (Å²) in [7, 11) is 1.83. The Bertz CT molecular complexity index is 771. The molecule has 1 aromatic carbocycles. The second-order valence-corrected chi connectivity index (χ2v) is 6.59. The van der Waals surface area contributed by atoms with Crippen molar-refractivity contribution < 1.29 is 9.59 Å². The molecule has 1 aromatic heterocycles. The van der Waals surface area contributed by atoms with Gasteiger partial charge in [0.1, 0.15) is 0 Å². The number of benzene rings is 1. The average Bonchev–Trinajstić information content (AvgIpc) is 2.82. The summed E-state index contributed by atoms with van der Waals surface area (Å²) in [6.45, 7) is 0.715. The molecule has 2 heterocycles. The SMILES string of the molecule is Cn1c(NC(=O)CN2CCCCCCC2=O)nc2cc(Cl)ccc21. The van der Waals surface area contributed by atoms with Gasteiger partial charge < -0.3 is 9.47 Å². The predicted octanol–water partition coefficient (Wildman–Crippen LogP) is 2.96. The van der Waals surface area contributed by atoms with E-state index >= 15 is 0 Å². The fourth-order valence-corrected chi connectivity index (χ4v) is 3.17. The molecule has 2 aromatic rings. The molecule has 0 aliphatic carbocycles. The molecule has 0 spiro atoms. The first-order chi connectivity index (χ1) is 11.5. The van der Waals surface area contributed by atoms with Crippen LogP contribution in [0.4, 0.5) is 5.95 Å². The van der Waals surface area contributed by atoms with Gasteiger partial charge in [-0.3, -0.25) is 14.9 Å². The van der Waals surface area contributed by atoms with E-state index in [1.54, 1.807) is 21.6 Å². The maximum absolute atomic E-state index is 12.3. The molecular weight excluding hydrogens is 328 g/mol. The number of fused-ring (bicyclic) bond motifs is 1. The monoisotopic (exact) mass is 348 g/mol. The molecule has 0 bridgehead atoms. The number of halogens is 1. The first-order valence-electron chi connectivity index (χ1n) is 8.24. The Morgan fingerprint density at radius 2 is 2.08 bits per heavy atom. The van der Waals surface area contributed by atoms with E-state index in [-0.39, 0.29) is 18.4 Å². The number of rotatable bonds is 3. The molecule has 24 heavy (non-hydrogen) atoms. The number of hydrogen-bond donors (Lipinski definition) is 1. The smallest absolute Gasteiger partial charge is 0.246 e. The molecule has 3 rings (SSSR count). The van der Waals surface area contributed by atoms with Crippen molar-refractivity contribution in [2.75, 3.05) is 18.4 Å². The van der Waals surface area contributed by atoms with Crippen LogP contribution < -0.4 is 5.32 Å². The van der Waals surface area contributed by atoms with Crippen molar-refractivity contribution >= 4 is 40.4 Å². The fraction of sp³-hybridized carbons (Fsp3) is 0.471. The summed E-state index contributed by atoms with van der Waals surface area (Å²) in [4.78, 5) is 30.5. The summed E-state index contributed by atoms with van der Waals surface area (Å²) in [5.41, 5.74) is 1.61. The van der Waals surface area contributed by atoms with Gasteiger partial charge in [-0.05, 0) is 31.0 Å². The molecular formula is C17H21ClN4O2. The molecule has 1 aliphatic heterocycles. The van der Waals surface area contributed by atoms with Crippen LogP contribution in [0, 0.1) is 0 Å². The van der Waals surface area contributed by atoms with Gasteiger partial charge in [-0.25, -0.2) is 4.98 Å². The van der Waals surface area contributed by atoms with Gasteiger partial charge in [0.25, 0.3) is 0 Å². The number of nitrogens with one attached hydrogen (secondary N) is 1. The van der Waals surface area contributed by atoms with E-state index in [9.17, 15) is 9.59 Å². The Hall–Kier alpha value is -2.08. The molecule has 1 aliphatic rings. The minimum absolute atomic E-state index is 0.0571. The van der Waals surface area contributed by atoms with Crippen LogP contribution in [0.15, 0.2) is 18.2 Å². The third-order valence-electron chi connectivity index (χ3n) is 4.35. The average molecular weight is 349 g/mol. The highest BCUT2D eigenvalue weighted by Crippen LogP contribution is 2.22. The van der Waals surface area contributed by atoms with E-state index in [1.165, 1.54) is 0 Å². The van der Waals surface area contributed by atoms with E-state index in [0.29, 0.717) is 23.9 Å². The second kappa shape index (κ2) is 7.21. The topological polar surface area (TPSA) is 67.2 Å². The molecule has 0 radical (unpaired) electrons. The van der Waals surface area contributed by atoms with E-state index < -0.39 is 0 Å². The van der Waals surface area contributed by atoms with E-state index in [4.69, 9.17) is 11.6 Å². The van der Waals surface area contributed by atoms with Gasteiger partial charge in [0, 0.05) is 25.0 Å². The lowest BCUT2D eigenvalue weighted by atomic mass is 10.1. The highest BCUT2D eigenvalue weighted by atomic mass is 35.5. The van der Waals surface area contributed by atoms with Gasteiger partial charge in [-0.2, -0.15) is 0 Å². The molecule has 6 nitrogen and oxygen atoms in total. The first kappa shape index (κ1) is 16.8. The number of anilines is 1. The number of carbonyl (C=O) groups is 2. The number of carbonyl (C=O) groups excluding carboxylic acids is 2. The predicted molar refractivity (Wildman–Crippen MR) is 94.0 cm³/mol. The summed E-state index contributed by atoms with van der Waals surface area (Å²) in [6.07, 6.45) is 4.58. The lowest BCUT2D eigenvalue weighted by Gasteiger charge is -2.24. The summed E-state index contributed by atoms with van der Waals surface area (Å²) < 4.78 is 1.80.